The van der Waals surface area contributed by atoms with Gasteiger partial charge in [0.2, 0.25) is 5.91 Å². The van der Waals surface area contributed by atoms with E-state index in [1.807, 2.05) is 19.2 Å². The highest BCUT2D eigenvalue weighted by atomic mass is 16.6. The largest absolute Gasteiger partial charge is 0.326 e. The molecule has 1 aromatic carbocycles. The van der Waals surface area contributed by atoms with Gasteiger partial charge in [0.05, 0.1) is 10.6 Å². The number of hydrogen-bond acceptors (Lipinski definition) is 4. The molecule has 1 amide bonds. The first kappa shape index (κ1) is 14.7. The summed E-state index contributed by atoms with van der Waals surface area (Å²) >= 11 is 0. The van der Waals surface area contributed by atoms with Crippen molar-refractivity contribution in [2.75, 3.05) is 5.32 Å². The maximum absolute atomic E-state index is 11.9. The molecule has 0 aliphatic heterocycles. The molecule has 2 rings (SSSR count). The monoisotopic (exact) mass is 288 g/mol. The van der Waals surface area contributed by atoms with Crippen molar-refractivity contribution in [3.63, 3.8) is 0 Å². The summed E-state index contributed by atoms with van der Waals surface area (Å²) in [5.41, 5.74) is 2.16. The van der Waals surface area contributed by atoms with Crippen LogP contribution in [0.4, 0.5) is 11.4 Å². The number of carbonyl (C=O) groups is 1. The summed E-state index contributed by atoms with van der Waals surface area (Å²) in [5, 5.41) is 17.6. The fourth-order valence-corrected chi connectivity index (χ4v) is 1.92. The zero-order valence-corrected chi connectivity index (χ0v) is 11.9. The Balaban J connectivity index is 1.94. The van der Waals surface area contributed by atoms with Crippen LogP contribution >= 0.6 is 0 Å². The van der Waals surface area contributed by atoms with E-state index in [1.54, 1.807) is 17.7 Å². The second kappa shape index (κ2) is 6.17. The van der Waals surface area contributed by atoms with Gasteiger partial charge in [0.1, 0.15) is 0 Å². The molecule has 0 bridgehead atoms. The van der Waals surface area contributed by atoms with Crippen LogP contribution in [0.2, 0.25) is 0 Å². The molecule has 0 aliphatic rings. The summed E-state index contributed by atoms with van der Waals surface area (Å²) in [7, 11) is 0. The molecule has 0 unspecified atom stereocenters. The highest BCUT2D eigenvalue weighted by Gasteiger charge is 2.10. The smallest absolute Gasteiger partial charge is 0.269 e. The van der Waals surface area contributed by atoms with E-state index < -0.39 is 4.92 Å². The minimum atomic E-state index is -0.460. The predicted octanol–water partition coefficient (Wildman–Crippen LogP) is 2.44. The first-order chi connectivity index (χ1) is 9.95. The van der Waals surface area contributed by atoms with E-state index in [0.717, 1.165) is 5.69 Å². The number of rotatable bonds is 5. The first-order valence-corrected chi connectivity index (χ1v) is 6.50. The van der Waals surface area contributed by atoms with E-state index in [9.17, 15) is 14.9 Å². The molecule has 1 aromatic heterocycles. The molecule has 0 saturated heterocycles. The average molecular weight is 288 g/mol. The van der Waals surface area contributed by atoms with E-state index in [1.165, 1.54) is 12.1 Å². The van der Waals surface area contributed by atoms with Crippen molar-refractivity contribution in [1.29, 1.82) is 0 Å². The first-order valence-electron chi connectivity index (χ1n) is 6.50. The maximum Gasteiger partial charge on any atom is 0.269 e. The van der Waals surface area contributed by atoms with Gasteiger partial charge in [-0.1, -0.05) is 0 Å². The van der Waals surface area contributed by atoms with Crippen molar-refractivity contribution in [2.45, 2.75) is 26.8 Å². The van der Waals surface area contributed by atoms with Crippen LogP contribution in [0.3, 0.4) is 0 Å². The molecule has 0 radical (unpaired) electrons. The molecule has 2 aromatic rings. The summed E-state index contributed by atoms with van der Waals surface area (Å²) in [6.07, 6.45) is 2.11. The summed E-state index contributed by atoms with van der Waals surface area (Å²) < 4.78 is 1.71. The summed E-state index contributed by atoms with van der Waals surface area (Å²) in [5.74, 6) is -0.153. The number of nitrogens with zero attached hydrogens (tertiary/aromatic N) is 3. The maximum atomic E-state index is 11.9. The Morgan fingerprint density at radius 3 is 2.71 bits per heavy atom. The van der Waals surface area contributed by atoms with Gasteiger partial charge in [0.25, 0.3) is 5.69 Å². The van der Waals surface area contributed by atoms with Crippen LogP contribution in [0.1, 0.15) is 17.7 Å². The van der Waals surface area contributed by atoms with Crippen LogP contribution in [0.5, 0.6) is 0 Å². The zero-order valence-electron chi connectivity index (χ0n) is 11.9. The molecule has 21 heavy (non-hydrogen) atoms. The van der Waals surface area contributed by atoms with Crippen molar-refractivity contribution in [2.24, 2.45) is 0 Å². The van der Waals surface area contributed by atoms with E-state index in [0.29, 0.717) is 17.8 Å². The highest BCUT2D eigenvalue weighted by molar-refractivity contribution is 5.91. The van der Waals surface area contributed by atoms with Crippen molar-refractivity contribution < 1.29 is 9.72 Å². The van der Waals surface area contributed by atoms with Crippen molar-refractivity contribution >= 4 is 17.3 Å². The topological polar surface area (TPSA) is 90.1 Å². The summed E-state index contributed by atoms with van der Waals surface area (Å²) in [6, 6.07) is 6.23. The number of nitro benzene ring substituents is 1. The molecule has 0 atom stereocenters. The van der Waals surface area contributed by atoms with E-state index in [2.05, 4.69) is 10.4 Å². The van der Waals surface area contributed by atoms with Crippen LogP contribution in [0.15, 0.2) is 30.5 Å². The van der Waals surface area contributed by atoms with Crippen LogP contribution in [-0.2, 0) is 11.3 Å². The lowest BCUT2D eigenvalue weighted by Crippen LogP contribution is -2.15. The molecular formula is C14H16N4O3. The molecule has 0 fully saturated rings. The van der Waals surface area contributed by atoms with Gasteiger partial charge in [-0.05, 0) is 31.5 Å². The second-order valence-corrected chi connectivity index (χ2v) is 4.77. The molecule has 7 heteroatoms. The van der Waals surface area contributed by atoms with Gasteiger partial charge in [-0.3, -0.25) is 19.6 Å². The number of benzene rings is 1. The van der Waals surface area contributed by atoms with Gasteiger partial charge >= 0.3 is 0 Å². The number of nitrogens with one attached hydrogen (secondary N) is 1. The van der Waals surface area contributed by atoms with E-state index in [-0.39, 0.29) is 18.0 Å². The molecule has 1 N–H and O–H groups in total. The minimum Gasteiger partial charge on any atom is -0.326 e. The number of non-ortho nitro benzene ring substituents is 1. The molecule has 7 nitrogen and oxygen atoms in total. The molecule has 0 spiro atoms. The van der Waals surface area contributed by atoms with Gasteiger partial charge in [0, 0.05) is 37.0 Å². The molecule has 0 aliphatic carbocycles. The Kier molecular flexibility index (Phi) is 4.32. The standard InChI is InChI=1S/C14H16N4O3/c1-10-9-12(18(20)21)3-4-13(10)15-14(19)6-8-17-7-5-11(2)16-17/h3-5,7,9H,6,8H2,1-2H3,(H,15,19). The predicted molar refractivity (Wildman–Crippen MR) is 78.0 cm³/mol. The second-order valence-electron chi connectivity index (χ2n) is 4.77. The van der Waals surface area contributed by atoms with Gasteiger partial charge < -0.3 is 5.32 Å². The SMILES string of the molecule is Cc1ccn(CCC(=O)Nc2ccc([N+](=O)[O-])cc2C)n1. The summed E-state index contributed by atoms with van der Waals surface area (Å²) in [6.45, 7) is 4.10. The third-order valence-corrected chi connectivity index (χ3v) is 3.04. The third kappa shape index (κ3) is 3.88. The highest BCUT2D eigenvalue weighted by Crippen LogP contribution is 2.21. The Morgan fingerprint density at radius 1 is 1.38 bits per heavy atom. The van der Waals surface area contributed by atoms with E-state index >= 15 is 0 Å². The van der Waals surface area contributed by atoms with Crippen molar-refractivity contribution in [1.82, 2.24) is 9.78 Å². The lowest BCUT2D eigenvalue weighted by molar-refractivity contribution is -0.384. The Morgan fingerprint density at radius 2 is 2.14 bits per heavy atom. The quantitative estimate of drug-likeness (QED) is 0.675. The molecule has 110 valence electrons. The Bertz CT molecular complexity index is 679. The Hall–Kier alpha value is -2.70. The van der Waals surface area contributed by atoms with Crippen molar-refractivity contribution in [3.05, 3.63) is 51.8 Å². The van der Waals surface area contributed by atoms with Gasteiger partial charge in [-0.25, -0.2) is 0 Å². The van der Waals surface area contributed by atoms with E-state index in [4.69, 9.17) is 0 Å². The van der Waals surface area contributed by atoms with Crippen LogP contribution in [-0.4, -0.2) is 20.6 Å². The number of amides is 1. The normalized spacial score (nSPS) is 10.4. The van der Waals surface area contributed by atoms with Gasteiger partial charge in [-0.15, -0.1) is 0 Å². The number of aromatic nitrogens is 2. The van der Waals surface area contributed by atoms with Crippen LogP contribution < -0.4 is 5.32 Å². The lowest BCUT2D eigenvalue weighted by Gasteiger charge is -2.08. The number of anilines is 1. The number of nitro groups is 1. The number of hydrogen-bond donors (Lipinski definition) is 1. The molecular weight excluding hydrogens is 272 g/mol. The fourth-order valence-electron chi connectivity index (χ4n) is 1.92. The van der Waals surface area contributed by atoms with Crippen LogP contribution in [0, 0.1) is 24.0 Å². The minimum absolute atomic E-state index is 0.0116. The average Bonchev–Trinajstić information content (AvgIpc) is 2.84. The van der Waals surface area contributed by atoms with Crippen LogP contribution in [0.25, 0.3) is 0 Å². The number of aryl methyl sites for hydroxylation is 3. The third-order valence-electron chi connectivity index (χ3n) is 3.04. The Labute approximate surface area is 121 Å². The number of carbonyl (C=O) groups excluding carboxylic acids is 1. The van der Waals surface area contributed by atoms with Gasteiger partial charge in [0.15, 0.2) is 0 Å². The summed E-state index contributed by atoms with van der Waals surface area (Å²) in [4.78, 5) is 22.1. The fraction of sp³-hybridized carbons (Fsp3) is 0.286. The lowest BCUT2D eigenvalue weighted by atomic mass is 10.1. The molecule has 0 saturated carbocycles. The van der Waals surface area contributed by atoms with Crippen molar-refractivity contribution in [3.8, 4) is 0 Å². The molecule has 1 heterocycles. The zero-order chi connectivity index (χ0) is 15.4. The van der Waals surface area contributed by atoms with Gasteiger partial charge in [-0.2, -0.15) is 5.10 Å².